The first kappa shape index (κ1) is 11.6. The monoisotopic (exact) mass is 221 g/mol. The van der Waals surface area contributed by atoms with Crippen molar-refractivity contribution >= 4 is 0 Å². The fourth-order valence-corrected chi connectivity index (χ4v) is 2.47. The largest absolute Gasteiger partial charge is 0.307 e. The summed E-state index contributed by atoms with van der Waals surface area (Å²) < 4.78 is 13.9. The highest BCUT2D eigenvalue weighted by molar-refractivity contribution is 5.40. The van der Waals surface area contributed by atoms with Crippen molar-refractivity contribution in [2.45, 2.75) is 45.6 Å². The second-order valence-corrected chi connectivity index (χ2v) is 5.49. The van der Waals surface area contributed by atoms with Gasteiger partial charge in [-0.25, -0.2) is 4.39 Å². The van der Waals surface area contributed by atoms with Gasteiger partial charge in [0.25, 0.3) is 0 Å². The predicted molar refractivity (Wildman–Crippen MR) is 65.2 cm³/mol. The van der Waals surface area contributed by atoms with Gasteiger partial charge in [0.2, 0.25) is 0 Å². The molecule has 0 saturated carbocycles. The van der Waals surface area contributed by atoms with Gasteiger partial charge in [-0.15, -0.1) is 0 Å². The molecule has 0 aliphatic carbocycles. The molecule has 1 aliphatic rings. The highest BCUT2D eigenvalue weighted by Gasteiger charge is 2.28. The van der Waals surface area contributed by atoms with E-state index in [1.807, 2.05) is 13.8 Å². The molecule has 1 N–H and O–H groups in total. The maximum atomic E-state index is 13.9. The van der Waals surface area contributed by atoms with Gasteiger partial charge in [0, 0.05) is 5.54 Å². The van der Waals surface area contributed by atoms with E-state index in [4.69, 9.17) is 0 Å². The highest BCUT2D eigenvalue weighted by atomic mass is 19.1. The number of benzene rings is 1. The molecule has 0 spiro atoms. The van der Waals surface area contributed by atoms with E-state index >= 15 is 0 Å². The third-order valence-corrected chi connectivity index (χ3v) is 3.48. The Hall–Kier alpha value is -0.890. The van der Waals surface area contributed by atoms with E-state index in [2.05, 4.69) is 25.2 Å². The van der Waals surface area contributed by atoms with Crippen LogP contribution in [-0.2, 0) is 12.0 Å². The molecule has 1 nitrogen and oxygen atoms in total. The maximum absolute atomic E-state index is 13.9. The van der Waals surface area contributed by atoms with Crippen molar-refractivity contribution in [2.24, 2.45) is 0 Å². The van der Waals surface area contributed by atoms with E-state index in [-0.39, 0.29) is 17.3 Å². The highest BCUT2D eigenvalue weighted by Crippen LogP contribution is 2.32. The summed E-state index contributed by atoms with van der Waals surface area (Å²) in [5.41, 5.74) is 3.15. The number of halogens is 1. The van der Waals surface area contributed by atoms with Crippen molar-refractivity contribution in [3.8, 4) is 0 Å². The van der Waals surface area contributed by atoms with Gasteiger partial charge in [0.15, 0.2) is 0 Å². The number of rotatable bonds is 1. The Bertz CT molecular complexity index is 407. The average molecular weight is 221 g/mol. The molecule has 88 valence electrons. The Morgan fingerprint density at radius 2 is 2.00 bits per heavy atom. The van der Waals surface area contributed by atoms with Crippen molar-refractivity contribution in [3.63, 3.8) is 0 Å². The molecule has 1 aromatic carbocycles. The molecule has 0 bridgehead atoms. The van der Waals surface area contributed by atoms with E-state index in [0.29, 0.717) is 0 Å². The summed E-state index contributed by atoms with van der Waals surface area (Å²) in [4.78, 5) is 0. The Kier molecular flexibility index (Phi) is 2.79. The molecule has 16 heavy (non-hydrogen) atoms. The van der Waals surface area contributed by atoms with Crippen LogP contribution in [0.5, 0.6) is 0 Å². The van der Waals surface area contributed by atoms with Crippen LogP contribution in [0.3, 0.4) is 0 Å². The van der Waals surface area contributed by atoms with Gasteiger partial charge in [-0.05, 0) is 55.5 Å². The van der Waals surface area contributed by atoms with Crippen molar-refractivity contribution in [3.05, 3.63) is 34.6 Å². The molecule has 0 saturated heterocycles. The Morgan fingerprint density at radius 3 is 2.62 bits per heavy atom. The number of hydrogen-bond donors (Lipinski definition) is 1. The van der Waals surface area contributed by atoms with Gasteiger partial charge in [-0.2, -0.15) is 0 Å². The first-order chi connectivity index (χ1) is 7.42. The minimum Gasteiger partial charge on any atom is -0.307 e. The van der Waals surface area contributed by atoms with Crippen molar-refractivity contribution in [1.82, 2.24) is 5.32 Å². The fourth-order valence-electron chi connectivity index (χ4n) is 2.47. The van der Waals surface area contributed by atoms with E-state index in [0.717, 1.165) is 24.1 Å². The van der Waals surface area contributed by atoms with Crippen LogP contribution in [0.1, 0.15) is 50.3 Å². The summed E-state index contributed by atoms with van der Waals surface area (Å²) in [6.45, 7) is 9.27. The zero-order valence-electron chi connectivity index (χ0n) is 10.5. The fraction of sp³-hybridized carbons (Fsp3) is 0.571. The van der Waals surface area contributed by atoms with Gasteiger partial charge in [0.05, 0.1) is 0 Å². The lowest BCUT2D eigenvalue weighted by molar-refractivity contribution is 0.379. The number of nitrogens with one attached hydrogen (secondary N) is 1. The summed E-state index contributed by atoms with van der Waals surface area (Å²) in [6, 6.07) is 3.77. The molecule has 0 fully saturated rings. The molecular weight excluding hydrogens is 201 g/mol. The van der Waals surface area contributed by atoms with Crippen LogP contribution < -0.4 is 5.32 Å². The minimum atomic E-state index is -0.107. The van der Waals surface area contributed by atoms with Gasteiger partial charge in [-0.1, -0.05) is 19.9 Å². The smallest absolute Gasteiger partial charge is 0.127 e. The normalized spacial score (nSPS) is 18.6. The summed E-state index contributed by atoms with van der Waals surface area (Å²) in [6.07, 6.45) is 0.999. The number of hydrogen-bond acceptors (Lipinski definition) is 1. The quantitative estimate of drug-likeness (QED) is 0.767. The van der Waals surface area contributed by atoms with Crippen LogP contribution in [0.25, 0.3) is 0 Å². The second kappa shape index (κ2) is 3.85. The van der Waals surface area contributed by atoms with Crippen LogP contribution >= 0.6 is 0 Å². The lowest BCUT2D eigenvalue weighted by atomic mass is 9.83. The zero-order chi connectivity index (χ0) is 11.9. The SMILES string of the molecule is CC(C)c1cc2c(cc1F)C(C)(C)NCC2. The van der Waals surface area contributed by atoms with Crippen LogP contribution in [0.15, 0.2) is 12.1 Å². The summed E-state index contributed by atoms with van der Waals surface area (Å²) in [5.74, 6) is 0.189. The summed E-state index contributed by atoms with van der Waals surface area (Å²) in [7, 11) is 0. The molecule has 0 unspecified atom stereocenters. The summed E-state index contributed by atoms with van der Waals surface area (Å²) >= 11 is 0. The number of fused-ring (bicyclic) bond motifs is 1. The topological polar surface area (TPSA) is 12.0 Å². The van der Waals surface area contributed by atoms with Gasteiger partial charge in [0.1, 0.15) is 5.82 Å². The first-order valence-electron chi connectivity index (χ1n) is 5.99. The van der Waals surface area contributed by atoms with Gasteiger partial charge >= 0.3 is 0 Å². The third kappa shape index (κ3) is 1.86. The molecule has 1 aliphatic heterocycles. The van der Waals surface area contributed by atoms with Crippen LogP contribution in [0.2, 0.25) is 0 Å². The van der Waals surface area contributed by atoms with E-state index in [9.17, 15) is 4.39 Å². The lowest BCUT2D eigenvalue weighted by Crippen LogP contribution is -2.42. The Balaban J connectivity index is 2.55. The van der Waals surface area contributed by atoms with Crippen molar-refractivity contribution < 1.29 is 4.39 Å². The van der Waals surface area contributed by atoms with Gasteiger partial charge < -0.3 is 5.32 Å². The molecule has 2 rings (SSSR count). The zero-order valence-corrected chi connectivity index (χ0v) is 10.5. The van der Waals surface area contributed by atoms with Crippen LogP contribution in [0, 0.1) is 5.82 Å². The van der Waals surface area contributed by atoms with Crippen LogP contribution in [-0.4, -0.2) is 6.54 Å². The van der Waals surface area contributed by atoms with Crippen LogP contribution in [0.4, 0.5) is 4.39 Å². The van der Waals surface area contributed by atoms with Crippen molar-refractivity contribution in [2.75, 3.05) is 6.54 Å². The maximum Gasteiger partial charge on any atom is 0.127 e. The van der Waals surface area contributed by atoms with E-state index < -0.39 is 0 Å². The molecule has 1 heterocycles. The molecule has 0 amide bonds. The second-order valence-electron chi connectivity index (χ2n) is 5.49. The summed E-state index contributed by atoms with van der Waals surface area (Å²) in [5, 5.41) is 3.42. The first-order valence-corrected chi connectivity index (χ1v) is 5.99. The van der Waals surface area contributed by atoms with E-state index in [1.165, 1.54) is 5.56 Å². The average Bonchev–Trinajstić information content (AvgIpc) is 2.17. The van der Waals surface area contributed by atoms with Gasteiger partial charge in [-0.3, -0.25) is 0 Å². The minimum absolute atomic E-state index is 0.0643. The third-order valence-electron chi connectivity index (χ3n) is 3.48. The molecule has 0 atom stereocenters. The standard InChI is InChI=1S/C14H20FN/c1-9(2)11-7-10-5-6-16-14(3,4)12(10)8-13(11)15/h7-9,16H,5-6H2,1-4H3. The molecule has 2 heteroatoms. The molecule has 0 aromatic heterocycles. The van der Waals surface area contributed by atoms with E-state index in [1.54, 1.807) is 6.07 Å². The Morgan fingerprint density at radius 1 is 1.31 bits per heavy atom. The van der Waals surface area contributed by atoms with Crippen molar-refractivity contribution in [1.29, 1.82) is 0 Å². The molecular formula is C14H20FN. The lowest BCUT2D eigenvalue weighted by Gasteiger charge is -2.34. The molecule has 0 radical (unpaired) electrons. The molecule has 1 aromatic rings. The predicted octanol–water partition coefficient (Wildman–Crippen LogP) is 3.33. The Labute approximate surface area is 97.1 Å².